The molecule has 0 aromatic carbocycles. The lowest BCUT2D eigenvalue weighted by atomic mass is 9.46. The summed E-state index contributed by atoms with van der Waals surface area (Å²) in [6.07, 6.45) is 8.49. The molecule has 25 heavy (non-hydrogen) atoms. The molecule has 0 heterocycles. The first kappa shape index (κ1) is 17.9. The van der Waals surface area contributed by atoms with Crippen molar-refractivity contribution in [1.29, 1.82) is 0 Å². The van der Waals surface area contributed by atoms with Crippen LogP contribution in [0.2, 0.25) is 0 Å². The molecule has 0 saturated heterocycles. The summed E-state index contributed by atoms with van der Waals surface area (Å²) in [6, 6.07) is 0. The van der Waals surface area contributed by atoms with Crippen molar-refractivity contribution in [2.24, 2.45) is 28.6 Å². The van der Waals surface area contributed by atoms with Crippen LogP contribution in [0, 0.1) is 28.6 Å². The van der Waals surface area contributed by atoms with Gasteiger partial charge in [0.15, 0.2) is 11.6 Å². The zero-order valence-electron chi connectivity index (χ0n) is 15.5. The SMILES string of the molecule is CC(=O)[C@@]1(O)[C@@H](Br)C[C@H]2[C@H]3CCC4=CC(=O)CC[C@]4(C)[C@@H]3CC[C@@]21C. The van der Waals surface area contributed by atoms with Gasteiger partial charge in [-0.2, -0.15) is 0 Å². The Kier molecular flexibility index (Phi) is 3.95. The van der Waals surface area contributed by atoms with E-state index >= 15 is 0 Å². The lowest BCUT2D eigenvalue weighted by molar-refractivity contribution is -0.159. The molecule has 7 atom stereocenters. The molecule has 0 unspecified atom stereocenters. The first-order valence-corrected chi connectivity index (χ1v) is 10.7. The van der Waals surface area contributed by atoms with Crippen LogP contribution in [0.25, 0.3) is 0 Å². The maximum atomic E-state index is 12.4. The number of allylic oxidation sites excluding steroid dienone is 1. The molecule has 138 valence electrons. The molecular formula is C21H29BrO3. The second-order valence-electron chi connectivity index (χ2n) is 9.45. The van der Waals surface area contributed by atoms with Gasteiger partial charge in [-0.1, -0.05) is 35.4 Å². The second-order valence-corrected chi connectivity index (χ2v) is 10.6. The summed E-state index contributed by atoms with van der Waals surface area (Å²) in [5.74, 6) is 1.69. The van der Waals surface area contributed by atoms with Crippen molar-refractivity contribution < 1.29 is 14.7 Å². The van der Waals surface area contributed by atoms with Crippen LogP contribution >= 0.6 is 15.9 Å². The van der Waals surface area contributed by atoms with Crippen LogP contribution in [-0.4, -0.2) is 27.1 Å². The highest BCUT2D eigenvalue weighted by molar-refractivity contribution is 9.09. The van der Waals surface area contributed by atoms with Gasteiger partial charge in [-0.05, 0) is 74.7 Å². The fourth-order valence-electron chi connectivity index (χ4n) is 7.16. The van der Waals surface area contributed by atoms with Gasteiger partial charge >= 0.3 is 0 Å². The first-order chi connectivity index (χ1) is 11.6. The molecule has 0 amide bonds. The average Bonchev–Trinajstić information content (AvgIpc) is 2.77. The quantitative estimate of drug-likeness (QED) is 0.660. The molecule has 0 radical (unpaired) electrons. The molecule has 4 rings (SSSR count). The molecule has 0 bridgehead atoms. The average molecular weight is 409 g/mol. The van der Waals surface area contributed by atoms with Gasteiger partial charge in [0.1, 0.15) is 5.60 Å². The van der Waals surface area contributed by atoms with Gasteiger partial charge in [-0.3, -0.25) is 9.59 Å². The van der Waals surface area contributed by atoms with Crippen LogP contribution in [-0.2, 0) is 9.59 Å². The molecule has 0 aliphatic heterocycles. The topological polar surface area (TPSA) is 54.4 Å². The summed E-state index contributed by atoms with van der Waals surface area (Å²) < 4.78 is 0. The predicted molar refractivity (Wildman–Crippen MR) is 100 cm³/mol. The van der Waals surface area contributed by atoms with Gasteiger partial charge in [0.05, 0.1) is 4.83 Å². The number of alkyl halides is 1. The highest BCUT2D eigenvalue weighted by atomic mass is 79.9. The number of aliphatic hydroxyl groups is 1. The summed E-state index contributed by atoms with van der Waals surface area (Å²) in [6.45, 7) is 6.06. The summed E-state index contributed by atoms with van der Waals surface area (Å²) in [5.41, 5.74) is -0.0844. The van der Waals surface area contributed by atoms with Gasteiger partial charge in [0.25, 0.3) is 0 Å². The van der Waals surface area contributed by atoms with E-state index < -0.39 is 5.60 Å². The highest BCUT2D eigenvalue weighted by Gasteiger charge is 2.68. The minimum atomic E-state index is -1.25. The Bertz CT molecular complexity index is 670. The van der Waals surface area contributed by atoms with E-state index in [4.69, 9.17) is 0 Å². The van der Waals surface area contributed by atoms with Gasteiger partial charge in [0, 0.05) is 11.8 Å². The monoisotopic (exact) mass is 408 g/mol. The van der Waals surface area contributed by atoms with Crippen molar-refractivity contribution in [2.75, 3.05) is 0 Å². The number of halogens is 1. The lowest BCUT2D eigenvalue weighted by Crippen LogP contribution is -2.59. The number of hydrogen-bond acceptors (Lipinski definition) is 3. The minimum Gasteiger partial charge on any atom is -0.380 e. The predicted octanol–water partition coefficient (Wildman–Crippen LogP) is 4.21. The zero-order chi connectivity index (χ0) is 18.2. The summed E-state index contributed by atoms with van der Waals surface area (Å²) >= 11 is 3.67. The van der Waals surface area contributed by atoms with Crippen molar-refractivity contribution in [3.8, 4) is 0 Å². The highest BCUT2D eigenvalue weighted by Crippen LogP contribution is 2.68. The van der Waals surface area contributed by atoms with Gasteiger partial charge < -0.3 is 5.11 Å². The second kappa shape index (κ2) is 5.51. The van der Waals surface area contributed by atoms with E-state index in [-0.39, 0.29) is 21.4 Å². The third-order valence-electron chi connectivity index (χ3n) is 8.67. The third-order valence-corrected chi connectivity index (χ3v) is 9.71. The summed E-state index contributed by atoms with van der Waals surface area (Å²) in [4.78, 5) is 24.2. The number of carbonyl (C=O) groups is 2. The Hall–Kier alpha value is -0.480. The Labute approximate surface area is 158 Å². The van der Waals surface area contributed by atoms with E-state index in [1.807, 2.05) is 6.08 Å². The van der Waals surface area contributed by atoms with Crippen molar-refractivity contribution in [3.63, 3.8) is 0 Å². The van der Waals surface area contributed by atoms with Crippen LogP contribution < -0.4 is 0 Å². The largest absolute Gasteiger partial charge is 0.380 e. The van der Waals surface area contributed by atoms with E-state index in [1.165, 1.54) is 5.57 Å². The van der Waals surface area contributed by atoms with E-state index in [0.717, 1.165) is 38.5 Å². The Balaban J connectivity index is 1.72. The number of hydrogen-bond donors (Lipinski definition) is 1. The normalized spacial score (nSPS) is 52.0. The smallest absolute Gasteiger partial charge is 0.163 e. The van der Waals surface area contributed by atoms with Crippen molar-refractivity contribution >= 4 is 27.5 Å². The Morgan fingerprint density at radius 2 is 1.92 bits per heavy atom. The molecule has 4 aliphatic rings. The number of ketones is 2. The molecule has 1 N–H and O–H groups in total. The molecule has 3 fully saturated rings. The van der Waals surface area contributed by atoms with Crippen LogP contribution in [0.5, 0.6) is 0 Å². The van der Waals surface area contributed by atoms with Crippen molar-refractivity contribution in [1.82, 2.24) is 0 Å². The number of Topliss-reactive ketones (excluding diaryl/α,β-unsaturated/α-hetero) is 1. The van der Waals surface area contributed by atoms with Gasteiger partial charge in [0.2, 0.25) is 0 Å². The van der Waals surface area contributed by atoms with Gasteiger partial charge in [-0.15, -0.1) is 0 Å². The molecule has 4 heteroatoms. The molecular weight excluding hydrogens is 380 g/mol. The zero-order valence-corrected chi connectivity index (χ0v) is 17.1. The fourth-order valence-corrected chi connectivity index (χ4v) is 8.41. The summed E-state index contributed by atoms with van der Waals surface area (Å²) in [7, 11) is 0. The molecule has 3 nitrogen and oxygen atoms in total. The first-order valence-electron chi connectivity index (χ1n) is 9.76. The third kappa shape index (κ3) is 2.13. The maximum absolute atomic E-state index is 12.4. The van der Waals surface area contributed by atoms with E-state index in [9.17, 15) is 14.7 Å². The lowest BCUT2D eigenvalue weighted by Gasteiger charge is -2.58. The van der Waals surface area contributed by atoms with Crippen molar-refractivity contribution in [3.05, 3.63) is 11.6 Å². The van der Waals surface area contributed by atoms with Crippen LogP contribution in [0.1, 0.15) is 65.7 Å². The van der Waals surface area contributed by atoms with Crippen molar-refractivity contribution in [2.45, 2.75) is 76.1 Å². The molecule has 0 aromatic rings. The fraction of sp³-hybridized carbons (Fsp3) is 0.810. The van der Waals surface area contributed by atoms with Gasteiger partial charge in [-0.25, -0.2) is 0 Å². The molecule has 4 aliphatic carbocycles. The molecule has 0 aromatic heterocycles. The molecule has 0 spiro atoms. The van der Waals surface area contributed by atoms with Crippen LogP contribution in [0.4, 0.5) is 0 Å². The summed E-state index contributed by atoms with van der Waals surface area (Å²) in [5, 5.41) is 11.4. The molecule has 3 saturated carbocycles. The van der Waals surface area contributed by atoms with E-state index in [2.05, 4.69) is 29.8 Å². The van der Waals surface area contributed by atoms with Crippen LogP contribution in [0.3, 0.4) is 0 Å². The minimum absolute atomic E-state index is 0.0938. The van der Waals surface area contributed by atoms with Crippen LogP contribution in [0.15, 0.2) is 11.6 Å². The standard InChI is InChI=1S/C21H29BrO3/c1-12(23)21(25)18(22)11-17-15-5-4-13-10-14(24)6-8-19(13,2)16(15)7-9-20(17,21)3/h10,15-18,25H,4-9,11H2,1-3H3/t15-,16+,17-,18-,19-,20-,21+/m0/s1. The van der Waals surface area contributed by atoms with E-state index in [1.54, 1.807) is 6.92 Å². The number of carbonyl (C=O) groups excluding carboxylic acids is 2. The number of fused-ring (bicyclic) bond motifs is 5. The number of rotatable bonds is 1. The maximum Gasteiger partial charge on any atom is 0.163 e. The Morgan fingerprint density at radius 3 is 2.60 bits per heavy atom. The Morgan fingerprint density at radius 1 is 1.20 bits per heavy atom. The van der Waals surface area contributed by atoms with E-state index in [0.29, 0.717) is 30.0 Å².